The molecule has 0 aliphatic rings. The lowest BCUT2D eigenvalue weighted by atomic mass is 10.2. The van der Waals surface area contributed by atoms with Crippen LogP contribution in [0.1, 0.15) is 16.9 Å². The summed E-state index contributed by atoms with van der Waals surface area (Å²) in [6, 6.07) is 1.77. The molecule has 0 saturated heterocycles. The first kappa shape index (κ1) is 17.5. The summed E-state index contributed by atoms with van der Waals surface area (Å²) in [4.78, 5) is 12.3. The fourth-order valence-electron chi connectivity index (χ4n) is 1.34. The molecule has 0 atom stereocenters. The van der Waals surface area contributed by atoms with Gasteiger partial charge in [0.1, 0.15) is 13.2 Å². The average molecular weight is 321 g/mol. The van der Waals surface area contributed by atoms with E-state index in [1.54, 1.807) is 11.4 Å². The van der Waals surface area contributed by atoms with Crippen molar-refractivity contribution in [1.29, 1.82) is 0 Å². The maximum atomic E-state index is 11.8. The molecule has 21 heavy (non-hydrogen) atoms. The quantitative estimate of drug-likeness (QED) is 0.619. The van der Waals surface area contributed by atoms with E-state index >= 15 is 0 Å². The van der Waals surface area contributed by atoms with Gasteiger partial charge in [0.25, 0.3) is 0 Å². The number of thiophene rings is 1. The standard InChI is InChI=1S/C13H14F3NO3S/c14-13(15,16)9-20-6-3-12(19)17-8-11-10(2-1-5-18)4-7-21-11/h4,7,18H,3,5-6,8-9H2,(H,17,19). The Kier molecular flexibility index (Phi) is 7.22. The van der Waals surface area contributed by atoms with Gasteiger partial charge in [-0.2, -0.15) is 13.2 Å². The van der Waals surface area contributed by atoms with Crippen LogP contribution in [-0.2, 0) is 16.1 Å². The van der Waals surface area contributed by atoms with E-state index in [0.717, 1.165) is 4.88 Å². The number of carbonyl (C=O) groups excluding carboxylic acids is 1. The number of carbonyl (C=O) groups is 1. The zero-order valence-corrected chi connectivity index (χ0v) is 11.8. The van der Waals surface area contributed by atoms with E-state index in [1.807, 2.05) is 0 Å². The molecule has 0 aromatic carbocycles. The largest absolute Gasteiger partial charge is 0.411 e. The molecule has 0 bridgehead atoms. The molecule has 0 aliphatic heterocycles. The van der Waals surface area contributed by atoms with Crippen LogP contribution in [0.4, 0.5) is 13.2 Å². The van der Waals surface area contributed by atoms with Crippen molar-refractivity contribution in [1.82, 2.24) is 5.32 Å². The third-order valence-corrected chi connectivity index (χ3v) is 3.15. The van der Waals surface area contributed by atoms with Crippen LogP contribution in [0.2, 0.25) is 0 Å². The number of halogens is 3. The van der Waals surface area contributed by atoms with E-state index in [4.69, 9.17) is 5.11 Å². The minimum Gasteiger partial charge on any atom is -0.384 e. The number of alkyl halides is 3. The number of amides is 1. The number of hydrogen-bond donors (Lipinski definition) is 2. The van der Waals surface area contributed by atoms with Gasteiger partial charge in [0.05, 0.1) is 13.2 Å². The molecule has 1 aromatic rings. The van der Waals surface area contributed by atoms with Crippen LogP contribution in [-0.4, -0.2) is 37.0 Å². The van der Waals surface area contributed by atoms with Gasteiger partial charge in [0, 0.05) is 16.9 Å². The second-order valence-electron chi connectivity index (χ2n) is 3.91. The van der Waals surface area contributed by atoms with Gasteiger partial charge in [0.15, 0.2) is 0 Å². The molecule has 116 valence electrons. The van der Waals surface area contributed by atoms with Crippen LogP contribution in [0, 0.1) is 11.8 Å². The van der Waals surface area contributed by atoms with Gasteiger partial charge in [-0.1, -0.05) is 11.8 Å². The molecule has 2 N–H and O–H groups in total. The normalized spacial score (nSPS) is 10.9. The van der Waals surface area contributed by atoms with Crippen molar-refractivity contribution in [2.45, 2.75) is 19.1 Å². The molecular formula is C13H14F3NO3S. The number of ether oxygens (including phenoxy) is 1. The zero-order chi connectivity index (χ0) is 15.7. The predicted octanol–water partition coefficient (Wildman–Crippen LogP) is 1.68. The van der Waals surface area contributed by atoms with Gasteiger partial charge in [0.2, 0.25) is 5.91 Å². The summed E-state index contributed by atoms with van der Waals surface area (Å²) in [5.41, 5.74) is 0.711. The van der Waals surface area contributed by atoms with Crippen molar-refractivity contribution < 1.29 is 27.8 Å². The molecule has 0 fully saturated rings. The van der Waals surface area contributed by atoms with Crippen molar-refractivity contribution >= 4 is 17.2 Å². The molecular weight excluding hydrogens is 307 g/mol. The minimum absolute atomic E-state index is 0.140. The Morgan fingerprint density at radius 1 is 1.48 bits per heavy atom. The molecule has 0 aliphatic carbocycles. The maximum Gasteiger partial charge on any atom is 0.411 e. The number of hydrogen-bond acceptors (Lipinski definition) is 4. The number of rotatable bonds is 6. The topological polar surface area (TPSA) is 58.6 Å². The van der Waals surface area contributed by atoms with E-state index in [2.05, 4.69) is 21.9 Å². The summed E-state index contributed by atoms with van der Waals surface area (Å²) in [5, 5.41) is 13.0. The van der Waals surface area contributed by atoms with E-state index in [-0.39, 0.29) is 26.2 Å². The number of aliphatic hydroxyl groups is 1. The van der Waals surface area contributed by atoms with Crippen molar-refractivity contribution in [2.75, 3.05) is 19.8 Å². The molecule has 1 aromatic heterocycles. The fourth-order valence-corrected chi connectivity index (χ4v) is 2.11. The van der Waals surface area contributed by atoms with Crippen molar-refractivity contribution in [2.24, 2.45) is 0 Å². The van der Waals surface area contributed by atoms with Gasteiger partial charge in [-0.05, 0) is 11.4 Å². The Morgan fingerprint density at radius 2 is 2.24 bits per heavy atom. The zero-order valence-electron chi connectivity index (χ0n) is 11.0. The first-order chi connectivity index (χ1) is 9.92. The van der Waals surface area contributed by atoms with Crippen LogP contribution < -0.4 is 5.32 Å². The Balaban J connectivity index is 2.29. The van der Waals surface area contributed by atoms with E-state index < -0.39 is 18.7 Å². The summed E-state index contributed by atoms with van der Waals surface area (Å²) in [7, 11) is 0. The highest BCUT2D eigenvalue weighted by molar-refractivity contribution is 7.10. The Labute approximate surface area is 123 Å². The van der Waals surface area contributed by atoms with Gasteiger partial charge in [-0.15, -0.1) is 11.3 Å². The summed E-state index contributed by atoms with van der Waals surface area (Å²) < 4.78 is 39.8. The highest BCUT2D eigenvalue weighted by atomic mass is 32.1. The smallest absolute Gasteiger partial charge is 0.384 e. The van der Waals surface area contributed by atoms with E-state index in [0.29, 0.717) is 5.56 Å². The van der Waals surface area contributed by atoms with Crippen molar-refractivity contribution in [3.8, 4) is 11.8 Å². The first-order valence-electron chi connectivity index (χ1n) is 5.99. The molecule has 0 radical (unpaired) electrons. The van der Waals surface area contributed by atoms with E-state index in [9.17, 15) is 18.0 Å². The lowest BCUT2D eigenvalue weighted by Gasteiger charge is -2.07. The maximum absolute atomic E-state index is 11.8. The Hall–Kier alpha value is -1.56. The second kappa shape index (κ2) is 8.67. The second-order valence-corrected chi connectivity index (χ2v) is 4.91. The molecule has 8 heteroatoms. The molecule has 0 spiro atoms. The van der Waals surface area contributed by atoms with Crippen molar-refractivity contribution in [3.05, 3.63) is 21.9 Å². The van der Waals surface area contributed by atoms with Gasteiger partial charge >= 0.3 is 6.18 Å². The van der Waals surface area contributed by atoms with Crippen LogP contribution >= 0.6 is 11.3 Å². The third-order valence-electron chi connectivity index (χ3n) is 2.23. The summed E-state index contributed by atoms with van der Waals surface area (Å²) in [5.74, 6) is 4.86. The molecule has 1 rings (SSSR count). The molecule has 0 unspecified atom stereocenters. The summed E-state index contributed by atoms with van der Waals surface area (Å²) in [6.45, 7) is -1.65. The first-order valence-corrected chi connectivity index (χ1v) is 6.87. The monoisotopic (exact) mass is 321 g/mol. The fraction of sp³-hybridized carbons (Fsp3) is 0.462. The van der Waals surface area contributed by atoms with Crippen LogP contribution in [0.3, 0.4) is 0 Å². The van der Waals surface area contributed by atoms with Gasteiger partial charge < -0.3 is 15.2 Å². The lowest BCUT2D eigenvalue weighted by molar-refractivity contribution is -0.174. The minimum atomic E-state index is -4.38. The summed E-state index contributed by atoms with van der Waals surface area (Å²) in [6.07, 6.45) is -4.52. The Morgan fingerprint density at radius 3 is 2.90 bits per heavy atom. The highest BCUT2D eigenvalue weighted by Gasteiger charge is 2.27. The molecule has 0 saturated carbocycles. The predicted molar refractivity (Wildman–Crippen MR) is 71.6 cm³/mol. The van der Waals surface area contributed by atoms with E-state index in [1.165, 1.54) is 11.3 Å². The number of aliphatic hydroxyl groups excluding tert-OH is 1. The van der Waals surface area contributed by atoms with Crippen LogP contribution in [0.15, 0.2) is 11.4 Å². The third kappa shape index (κ3) is 7.70. The Bertz CT molecular complexity index is 517. The molecule has 1 amide bonds. The van der Waals surface area contributed by atoms with Gasteiger partial charge in [-0.3, -0.25) is 4.79 Å². The van der Waals surface area contributed by atoms with Gasteiger partial charge in [-0.25, -0.2) is 0 Å². The lowest BCUT2D eigenvalue weighted by Crippen LogP contribution is -2.25. The van der Waals surface area contributed by atoms with Crippen LogP contribution in [0.5, 0.6) is 0 Å². The molecule has 4 nitrogen and oxygen atoms in total. The van der Waals surface area contributed by atoms with Crippen molar-refractivity contribution in [3.63, 3.8) is 0 Å². The summed E-state index contributed by atoms with van der Waals surface area (Å²) >= 11 is 1.39. The molecule has 1 heterocycles. The van der Waals surface area contributed by atoms with Crippen LogP contribution in [0.25, 0.3) is 0 Å². The average Bonchev–Trinajstić information content (AvgIpc) is 2.85. The SMILES string of the molecule is O=C(CCOCC(F)(F)F)NCc1sccc1C#CCO. The highest BCUT2D eigenvalue weighted by Crippen LogP contribution is 2.16. The number of nitrogens with one attached hydrogen (secondary N) is 1.